The molecular formula is C42H42O6P4S6. The molecule has 16 heteroatoms. The van der Waals surface area contributed by atoms with Gasteiger partial charge in [-0.15, -0.1) is 0 Å². The van der Waals surface area contributed by atoms with Crippen molar-refractivity contribution in [2.45, 2.75) is 41.5 Å². The Bertz CT molecular complexity index is 2100. The van der Waals surface area contributed by atoms with Gasteiger partial charge < -0.3 is 27.1 Å². The lowest BCUT2D eigenvalue weighted by Gasteiger charge is -2.31. The summed E-state index contributed by atoms with van der Waals surface area (Å²) in [5.41, 5.74) is -5.49. The van der Waals surface area contributed by atoms with Gasteiger partial charge in [0.1, 0.15) is 40.0 Å². The van der Waals surface area contributed by atoms with Crippen molar-refractivity contribution < 1.29 is 27.1 Å². The quantitative estimate of drug-likeness (QED) is 0.0771. The lowest BCUT2D eigenvalue weighted by Crippen LogP contribution is -2.00. The average Bonchev–Trinajstić information content (AvgIpc) is 3.11. The molecule has 0 heterocycles. The first-order chi connectivity index (χ1) is 27.6. The van der Waals surface area contributed by atoms with Crippen molar-refractivity contribution in [1.82, 2.24) is 0 Å². The van der Waals surface area contributed by atoms with Gasteiger partial charge in [0, 0.05) is 68.4 Å². The Morgan fingerprint density at radius 1 is 0.328 bits per heavy atom. The molecule has 0 aliphatic carbocycles. The van der Waals surface area contributed by atoms with E-state index in [4.69, 9.17) is 62.6 Å². The van der Waals surface area contributed by atoms with Gasteiger partial charge in [-0.05, 0) is 148 Å². The van der Waals surface area contributed by atoms with Crippen LogP contribution in [-0.4, -0.2) is 0 Å². The Kier molecular flexibility index (Phi) is 15.9. The molecule has 0 bridgehead atoms. The van der Waals surface area contributed by atoms with Gasteiger partial charge in [-0.1, -0.05) is 72.8 Å². The van der Waals surface area contributed by atoms with Crippen LogP contribution in [0.15, 0.2) is 146 Å². The predicted octanol–water partition coefficient (Wildman–Crippen LogP) is 16.4. The smallest absolute Gasteiger partial charge is 0.354 e. The van der Waals surface area contributed by atoms with Crippen LogP contribution in [0.1, 0.15) is 33.4 Å². The Labute approximate surface area is 370 Å². The second-order valence-corrected chi connectivity index (χ2v) is 40.0. The van der Waals surface area contributed by atoms with E-state index in [9.17, 15) is 0 Å². The minimum atomic E-state index is -3.33. The number of rotatable bonds is 18. The molecule has 6 aromatic rings. The summed E-state index contributed by atoms with van der Waals surface area (Å²) in [5.74, 6) is 3.54. The topological polar surface area (TPSA) is 55.4 Å². The summed E-state index contributed by atoms with van der Waals surface area (Å²) in [4.78, 5) is 0. The van der Waals surface area contributed by atoms with Crippen LogP contribution in [0.5, 0.6) is 34.5 Å². The normalized spacial score (nSPS) is 11.8. The molecule has 0 spiro atoms. The molecule has 0 unspecified atom stereocenters. The minimum Gasteiger partial charge on any atom is -0.428 e. The van der Waals surface area contributed by atoms with Crippen LogP contribution < -0.4 is 27.1 Å². The molecule has 0 N–H and O–H groups in total. The summed E-state index contributed by atoms with van der Waals surface area (Å²) >= 11 is 23.7. The Balaban J connectivity index is 1.48. The van der Waals surface area contributed by atoms with Crippen molar-refractivity contribution in [2.75, 3.05) is 0 Å². The lowest BCUT2D eigenvalue weighted by molar-refractivity contribution is 0.506. The molecule has 0 saturated heterocycles. The third kappa shape index (κ3) is 14.1. The molecular weight excluding hydrogens is 917 g/mol. The third-order valence-electron chi connectivity index (χ3n) is 7.74. The van der Waals surface area contributed by atoms with Crippen LogP contribution in [0.3, 0.4) is 0 Å². The van der Waals surface area contributed by atoms with Crippen LogP contribution >= 0.6 is 55.6 Å². The van der Waals surface area contributed by atoms with Crippen molar-refractivity contribution in [3.05, 3.63) is 179 Å². The van der Waals surface area contributed by atoms with E-state index in [1.165, 1.54) is 33.0 Å². The molecule has 58 heavy (non-hydrogen) atoms. The second kappa shape index (κ2) is 20.4. The lowest BCUT2D eigenvalue weighted by atomic mass is 10.2. The van der Waals surface area contributed by atoms with Gasteiger partial charge in [0.05, 0.1) is 0 Å². The predicted molar refractivity (Wildman–Crippen MR) is 263 cm³/mol. The van der Waals surface area contributed by atoms with Crippen molar-refractivity contribution in [2.24, 2.45) is 0 Å². The molecule has 6 nitrogen and oxygen atoms in total. The fourth-order valence-electron chi connectivity index (χ4n) is 5.25. The molecule has 0 aliphatic rings. The van der Waals surface area contributed by atoms with E-state index in [1.54, 1.807) is 0 Å². The van der Waals surface area contributed by atoms with Crippen LogP contribution in [0, 0.1) is 41.5 Å². The second-order valence-electron chi connectivity index (χ2n) is 13.3. The summed E-state index contributed by atoms with van der Waals surface area (Å²) in [5, 5.41) is 0. The number of hydrogen-bond donors (Lipinski definition) is 0. The maximum atomic E-state index is 6.77. The Morgan fingerprint density at radius 2 is 0.500 bits per heavy atom. The molecule has 0 atom stereocenters. The molecule has 6 rings (SSSR count). The highest BCUT2D eigenvalue weighted by Gasteiger charge is 2.42. The van der Waals surface area contributed by atoms with Crippen LogP contribution in [0.25, 0.3) is 0 Å². The van der Waals surface area contributed by atoms with E-state index >= 15 is 0 Å². The van der Waals surface area contributed by atoms with Gasteiger partial charge >= 0.3 is 17.1 Å². The first-order valence-corrected chi connectivity index (χ1v) is 33.2. The Hall–Kier alpha value is -2.45. The first kappa shape index (κ1) is 45.1. The largest absolute Gasteiger partial charge is 0.428 e. The maximum absolute atomic E-state index is 6.77. The summed E-state index contributed by atoms with van der Waals surface area (Å²) in [6, 6.07) is 46.6. The van der Waals surface area contributed by atoms with Crippen molar-refractivity contribution in [3.63, 3.8) is 0 Å². The molecule has 0 fully saturated rings. The number of aryl methyl sites for hydroxylation is 6. The standard InChI is InChI=1S/C42H42O6P4S6/c1-31-13-7-19-37(25-31)43-50(53,44-38-20-8-14-32(2)26-38)56-49(57-51(54,45-39-21-9-15-33(3)27-39)46-40-22-10-16-34(4)28-40)58-52(55,47-41-23-11-17-35(5)29-41)48-42-24-12-18-36(6)30-42/h7-30H,1-6H3. The fraction of sp³-hybridized carbons (Fsp3) is 0.143. The molecule has 0 saturated carbocycles. The highest BCUT2D eigenvalue weighted by atomic mass is 33.6. The molecule has 0 aromatic heterocycles. The average molecular weight is 959 g/mol. The van der Waals surface area contributed by atoms with Gasteiger partial charge in [-0.3, -0.25) is 0 Å². The van der Waals surface area contributed by atoms with Crippen LogP contribution in [0.2, 0.25) is 0 Å². The van der Waals surface area contributed by atoms with Gasteiger partial charge in [0.2, 0.25) is 0 Å². The van der Waals surface area contributed by atoms with Crippen LogP contribution in [-0.2, 0) is 35.4 Å². The SMILES string of the molecule is Cc1cccc(OP(=S)(Oc2cccc(C)c2)SP(SP(=S)(Oc2cccc(C)c2)Oc2cccc(C)c2)SP(=S)(Oc2cccc(C)c2)Oc2cccc(C)c2)c1. The van der Waals surface area contributed by atoms with Crippen molar-refractivity contribution >= 4 is 91.0 Å². The zero-order valence-corrected chi connectivity index (χ0v) is 41.0. The van der Waals surface area contributed by atoms with E-state index in [0.717, 1.165) is 33.4 Å². The van der Waals surface area contributed by atoms with Crippen molar-refractivity contribution in [3.8, 4) is 34.5 Å². The first-order valence-electron chi connectivity index (χ1n) is 17.9. The summed E-state index contributed by atoms with van der Waals surface area (Å²) < 4.78 is 40.6. The molecule has 0 radical (unpaired) electrons. The number of hydrogen-bond acceptors (Lipinski definition) is 12. The van der Waals surface area contributed by atoms with E-state index in [0.29, 0.717) is 34.5 Å². The highest BCUT2D eigenvalue weighted by molar-refractivity contribution is 9.35. The number of benzene rings is 6. The van der Waals surface area contributed by atoms with Gasteiger partial charge in [-0.2, -0.15) is 0 Å². The molecule has 0 aliphatic heterocycles. The zero-order valence-electron chi connectivity index (χ0n) is 32.5. The summed E-state index contributed by atoms with van der Waals surface area (Å²) in [6.45, 7) is 12.0. The molecule has 302 valence electrons. The van der Waals surface area contributed by atoms with E-state index in [2.05, 4.69) is 0 Å². The third-order valence-corrected chi connectivity index (χ3v) is 42.2. The monoisotopic (exact) mass is 958 g/mol. The summed E-state index contributed by atoms with van der Waals surface area (Å²) in [6.07, 6.45) is 0. The van der Waals surface area contributed by atoms with Crippen molar-refractivity contribution in [1.29, 1.82) is 0 Å². The van der Waals surface area contributed by atoms with Gasteiger partial charge in [0.15, 0.2) is 0 Å². The summed E-state index contributed by atoms with van der Waals surface area (Å²) in [7, 11) is 0. The Morgan fingerprint density at radius 3 is 0.655 bits per heavy atom. The van der Waals surface area contributed by atoms with E-state index in [1.807, 2.05) is 187 Å². The van der Waals surface area contributed by atoms with Crippen LogP contribution in [0.4, 0.5) is 0 Å². The molecule has 0 amide bonds. The highest BCUT2D eigenvalue weighted by Crippen LogP contribution is 2.95. The van der Waals surface area contributed by atoms with Gasteiger partial charge in [-0.25, -0.2) is 0 Å². The van der Waals surface area contributed by atoms with E-state index in [-0.39, 0.29) is 0 Å². The molecule has 6 aromatic carbocycles. The zero-order chi connectivity index (χ0) is 41.3. The maximum Gasteiger partial charge on any atom is 0.354 e. The fourth-order valence-corrected chi connectivity index (χ4v) is 56.9. The van der Waals surface area contributed by atoms with Gasteiger partial charge in [0.25, 0.3) is 0 Å². The van der Waals surface area contributed by atoms with E-state index < -0.39 is 22.6 Å². The minimum absolute atomic E-state index is 0.589.